The normalized spacial score (nSPS) is 21.0. The fraction of sp³-hybridized carbons (Fsp3) is 0.227. The second-order valence-electron chi connectivity index (χ2n) is 6.53. The van der Waals surface area contributed by atoms with E-state index in [0.717, 1.165) is 36.1 Å². The molecular formula is C22H21NO. The van der Waals surface area contributed by atoms with E-state index < -0.39 is 5.60 Å². The lowest BCUT2D eigenvalue weighted by Crippen LogP contribution is -2.38. The van der Waals surface area contributed by atoms with Crippen LogP contribution in [0.25, 0.3) is 0 Å². The number of nitrogens with zero attached hydrogens (tertiary/aromatic N) is 1. The second-order valence-corrected chi connectivity index (χ2v) is 6.53. The maximum absolute atomic E-state index is 11.9. The molecule has 1 aromatic heterocycles. The van der Waals surface area contributed by atoms with Crippen LogP contribution >= 0.6 is 0 Å². The SMILES string of the molecule is O[C@@]1([C@H](c2ccccc2)c2ccccn2)CCCc2ccccc21. The lowest BCUT2D eigenvalue weighted by Gasteiger charge is -2.41. The fourth-order valence-electron chi connectivity index (χ4n) is 4.03. The van der Waals surface area contributed by atoms with Crippen LogP contribution in [0.5, 0.6) is 0 Å². The van der Waals surface area contributed by atoms with Gasteiger partial charge in [0.15, 0.2) is 0 Å². The molecule has 0 fully saturated rings. The number of benzene rings is 2. The maximum atomic E-state index is 11.9. The van der Waals surface area contributed by atoms with Gasteiger partial charge in [-0.1, -0.05) is 60.7 Å². The van der Waals surface area contributed by atoms with Crippen molar-refractivity contribution in [3.05, 3.63) is 101 Å². The van der Waals surface area contributed by atoms with E-state index in [9.17, 15) is 5.11 Å². The van der Waals surface area contributed by atoms with Gasteiger partial charge in [-0.2, -0.15) is 0 Å². The molecule has 0 radical (unpaired) electrons. The van der Waals surface area contributed by atoms with E-state index in [1.807, 2.05) is 48.7 Å². The first-order chi connectivity index (χ1) is 11.8. The molecule has 0 spiro atoms. The topological polar surface area (TPSA) is 33.1 Å². The Balaban J connectivity index is 1.92. The highest BCUT2D eigenvalue weighted by Gasteiger charge is 2.43. The summed E-state index contributed by atoms with van der Waals surface area (Å²) in [5.41, 5.74) is 3.40. The summed E-state index contributed by atoms with van der Waals surface area (Å²) < 4.78 is 0. The first-order valence-electron chi connectivity index (χ1n) is 8.56. The molecule has 2 aromatic carbocycles. The third-order valence-electron chi connectivity index (χ3n) is 5.08. The Bertz CT molecular complexity index is 776. The zero-order valence-electron chi connectivity index (χ0n) is 13.6. The van der Waals surface area contributed by atoms with Crippen LogP contribution in [-0.4, -0.2) is 10.1 Å². The van der Waals surface area contributed by atoms with Crippen LogP contribution in [0.2, 0.25) is 0 Å². The van der Waals surface area contributed by atoms with E-state index >= 15 is 0 Å². The van der Waals surface area contributed by atoms with E-state index in [1.54, 1.807) is 0 Å². The Kier molecular flexibility index (Phi) is 3.91. The van der Waals surface area contributed by atoms with Gasteiger partial charge in [0.05, 0.1) is 11.6 Å². The van der Waals surface area contributed by atoms with Gasteiger partial charge in [-0.3, -0.25) is 4.98 Å². The number of aromatic nitrogens is 1. The predicted molar refractivity (Wildman–Crippen MR) is 95.8 cm³/mol. The van der Waals surface area contributed by atoms with E-state index in [2.05, 4.69) is 35.3 Å². The van der Waals surface area contributed by atoms with Crippen LogP contribution in [0.1, 0.15) is 41.1 Å². The molecule has 1 heterocycles. The number of aliphatic hydroxyl groups is 1. The predicted octanol–water partition coefficient (Wildman–Crippen LogP) is 4.44. The minimum atomic E-state index is -0.926. The molecule has 2 atom stereocenters. The quantitative estimate of drug-likeness (QED) is 0.775. The summed E-state index contributed by atoms with van der Waals surface area (Å²) >= 11 is 0. The molecule has 0 bridgehead atoms. The molecular weight excluding hydrogens is 294 g/mol. The highest BCUT2D eigenvalue weighted by Crippen LogP contribution is 2.47. The average molecular weight is 315 g/mol. The van der Waals surface area contributed by atoms with Crippen LogP contribution < -0.4 is 0 Å². The van der Waals surface area contributed by atoms with Gasteiger partial charge in [0.2, 0.25) is 0 Å². The Morgan fingerprint density at radius 1 is 0.875 bits per heavy atom. The molecule has 3 aromatic rings. The van der Waals surface area contributed by atoms with Crippen LogP contribution in [-0.2, 0) is 12.0 Å². The first-order valence-corrected chi connectivity index (χ1v) is 8.56. The summed E-state index contributed by atoms with van der Waals surface area (Å²) in [7, 11) is 0. The van der Waals surface area contributed by atoms with E-state index in [0.29, 0.717) is 0 Å². The van der Waals surface area contributed by atoms with Gasteiger partial charge in [-0.05, 0) is 48.1 Å². The number of pyridine rings is 1. The molecule has 0 aliphatic heterocycles. The molecule has 2 heteroatoms. The molecule has 0 saturated carbocycles. The minimum Gasteiger partial charge on any atom is -0.384 e. The van der Waals surface area contributed by atoms with Gasteiger partial charge in [0, 0.05) is 6.20 Å². The second kappa shape index (κ2) is 6.21. The summed E-state index contributed by atoms with van der Waals surface area (Å²) in [4.78, 5) is 4.59. The summed E-state index contributed by atoms with van der Waals surface area (Å²) in [6, 6.07) is 24.5. The number of rotatable bonds is 3. The monoisotopic (exact) mass is 315 g/mol. The summed E-state index contributed by atoms with van der Waals surface area (Å²) in [5, 5.41) is 11.9. The lowest BCUT2D eigenvalue weighted by molar-refractivity contribution is 0.000969. The number of fused-ring (bicyclic) bond motifs is 1. The van der Waals surface area contributed by atoms with E-state index in [-0.39, 0.29) is 5.92 Å². The smallest absolute Gasteiger partial charge is 0.102 e. The van der Waals surface area contributed by atoms with Crippen molar-refractivity contribution >= 4 is 0 Å². The third-order valence-corrected chi connectivity index (χ3v) is 5.08. The zero-order valence-corrected chi connectivity index (χ0v) is 13.6. The zero-order chi connectivity index (χ0) is 16.4. The van der Waals surface area contributed by atoms with Crippen molar-refractivity contribution in [2.24, 2.45) is 0 Å². The van der Waals surface area contributed by atoms with Crippen molar-refractivity contribution in [3.8, 4) is 0 Å². The Labute approximate surface area is 142 Å². The number of hydrogen-bond donors (Lipinski definition) is 1. The first kappa shape index (κ1) is 15.1. The minimum absolute atomic E-state index is 0.165. The number of aryl methyl sites for hydroxylation is 1. The van der Waals surface area contributed by atoms with Crippen molar-refractivity contribution in [1.29, 1.82) is 0 Å². The van der Waals surface area contributed by atoms with E-state index in [1.165, 1.54) is 5.56 Å². The van der Waals surface area contributed by atoms with Crippen molar-refractivity contribution in [3.63, 3.8) is 0 Å². The Morgan fingerprint density at radius 2 is 1.62 bits per heavy atom. The van der Waals surface area contributed by atoms with Crippen molar-refractivity contribution < 1.29 is 5.11 Å². The lowest BCUT2D eigenvalue weighted by atomic mass is 9.68. The number of hydrogen-bond acceptors (Lipinski definition) is 2. The molecule has 0 saturated heterocycles. The summed E-state index contributed by atoms with van der Waals surface area (Å²) in [5.74, 6) is -0.165. The molecule has 4 rings (SSSR count). The molecule has 1 aliphatic carbocycles. The summed E-state index contributed by atoms with van der Waals surface area (Å²) in [6.07, 6.45) is 4.58. The van der Waals surface area contributed by atoms with E-state index in [4.69, 9.17) is 0 Å². The molecule has 120 valence electrons. The molecule has 24 heavy (non-hydrogen) atoms. The molecule has 2 nitrogen and oxygen atoms in total. The Morgan fingerprint density at radius 3 is 2.42 bits per heavy atom. The molecule has 1 aliphatic rings. The fourth-order valence-corrected chi connectivity index (χ4v) is 4.03. The Hall–Kier alpha value is -2.45. The van der Waals surface area contributed by atoms with Crippen molar-refractivity contribution in [2.45, 2.75) is 30.8 Å². The summed E-state index contributed by atoms with van der Waals surface area (Å²) in [6.45, 7) is 0. The van der Waals surface area contributed by atoms with Gasteiger partial charge >= 0.3 is 0 Å². The van der Waals surface area contributed by atoms with Gasteiger partial charge in [-0.25, -0.2) is 0 Å². The largest absolute Gasteiger partial charge is 0.384 e. The highest BCUT2D eigenvalue weighted by atomic mass is 16.3. The average Bonchev–Trinajstić information content (AvgIpc) is 2.64. The maximum Gasteiger partial charge on any atom is 0.102 e. The van der Waals surface area contributed by atoms with Gasteiger partial charge in [-0.15, -0.1) is 0 Å². The van der Waals surface area contributed by atoms with Gasteiger partial charge in [0.25, 0.3) is 0 Å². The van der Waals surface area contributed by atoms with Gasteiger partial charge < -0.3 is 5.11 Å². The van der Waals surface area contributed by atoms with Gasteiger partial charge in [0.1, 0.15) is 5.60 Å². The third kappa shape index (κ3) is 2.53. The van der Waals surface area contributed by atoms with Crippen LogP contribution in [0.4, 0.5) is 0 Å². The highest BCUT2D eigenvalue weighted by molar-refractivity contribution is 5.42. The molecule has 1 N–H and O–H groups in total. The van der Waals surface area contributed by atoms with Crippen molar-refractivity contribution in [1.82, 2.24) is 4.98 Å². The van der Waals surface area contributed by atoms with Crippen molar-refractivity contribution in [2.75, 3.05) is 0 Å². The molecule has 0 unspecified atom stereocenters. The molecule has 0 amide bonds. The van der Waals surface area contributed by atoms with Crippen LogP contribution in [0, 0.1) is 0 Å². The van der Waals surface area contributed by atoms with Crippen LogP contribution in [0.3, 0.4) is 0 Å². The standard InChI is InChI=1S/C22H21NO/c24-22(15-8-12-17-9-4-5-13-19(17)22)21(18-10-2-1-3-11-18)20-14-6-7-16-23-20/h1-7,9-11,13-14,16,21,24H,8,12,15H2/t21-,22+/m1/s1. The van der Waals surface area contributed by atoms with Crippen LogP contribution in [0.15, 0.2) is 79.0 Å².